The summed E-state index contributed by atoms with van der Waals surface area (Å²) in [6.45, 7) is 4.92. The Bertz CT molecular complexity index is 534. The van der Waals surface area contributed by atoms with Crippen molar-refractivity contribution in [2.24, 2.45) is 0 Å². The van der Waals surface area contributed by atoms with Gasteiger partial charge in [-0.3, -0.25) is 0 Å². The summed E-state index contributed by atoms with van der Waals surface area (Å²) < 4.78 is 5.75. The van der Waals surface area contributed by atoms with E-state index in [1.165, 1.54) is 0 Å². The smallest absolute Gasteiger partial charge is 0.134 e. The van der Waals surface area contributed by atoms with Crippen LogP contribution in [0, 0.1) is 0 Å². The van der Waals surface area contributed by atoms with E-state index in [1.54, 1.807) is 6.07 Å². The Morgan fingerprint density at radius 2 is 1.89 bits per heavy atom. The van der Waals surface area contributed by atoms with Crippen LogP contribution in [0.3, 0.4) is 0 Å². The van der Waals surface area contributed by atoms with Crippen LogP contribution in [-0.2, 0) is 6.54 Å². The van der Waals surface area contributed by atoms with E-state index in [2.05, 4.69) is 19.2 Å². The van der Waals surface area contributed by atoms with Gasteiger partial charge in [0.1, 0.15) is 11.5 Å². The molecule has 18 heavy (non-hydrogen) atoms. The highest BCUT2D eigenvalue weighted by Crippen LogP contribution is 2.29. The first-order valence-corrected chi connectivity index (χ1v) is 6.59. The molecule has 1 aromatic heterocycles. The summed E-state index contributed by atoms with van der Waals surface area (Å²) in [6, 6.07) is 9.82. The van der Waals surface area contributed by atoms with Gasteiger partial charge in [0.05, 0.1) is 16.6 Å². The quantitative estimate of drug-likeness (QED) is 0.876. The van der Waals surface area contributed by atoms with Gasteiger partial charge in [0.25, 0.3) is 0 Å². The molecule has 1 aromatic carbocycles. The van der Waals surface area contributed by atoms with Crippen LogP contribution in [0.15, 0.2) is 34.7 Å². The normalized spacial score (nSPS) is 11.2. The molecule has 96 valence electrons. The number of rotatable bonds is 4. The van der Waals surface area contributed by atoms with E-state index in [-0.39, 0.29) is 0 Å². The SMILES string of the molecule is CC(C)NCc1ccc(-c2ccc(Cl)c(Cl)c2)o1. The molecule has 2 aromatic rings. The van der Waals surface area contributed by atoms with Gasteiger partial charge in [-0.05, 0) is 30.3 Å². The van der Waals surface area contributed by atoms with Gasteiger partial charge in [-0.25, -0.2) is 0 Å². The lowest BCUT2D eigenvalue weighted by Crippen LogP contribution is -2.21. The van der Waals surface area contributed by atoms with Gasteiger partial charge in [-0.15, -0.1) is 0 Å². The molecule has 0 saturated carbocycles. The summed E-state index contributed by atoms with van der Waals surface area (Å²) >= 11 is 11.9. The molecular formula is C14H15Cl2NO. The van der Waals surface area contributed by atoms with Crippen molar-refractivity contribution in [1.29, 1.82) is 0 Å². The zero-order chi connectivity index (χ0) is 13.1. The second-order valence-corrected chi connectivity index (χ2v) is 5.24. The van der Waals surface area contributed by atoms with Gasteiger partial charge in [-0.1, -0.05) is 37.0 Å². The standard InChI is InChI=1S/C14H15Cl2NO/c1-9(2)17-8-11-4-6-14(18-11)10-3-5-12(15)13(16)7-10/h3-7,9,17H,8H2,1-2H3. The van der Waals surface area contributed by atoms with Gasteiger partial charge in [0, 0.05) is 11.6 Å². The van der Waals surface area contributed by atoms with E-state index in [0.717, 1.165) is 23.6 Å². The van der Waals surface area contributed by atoms with Crippen molar-refractivity contribution in [1.82, 2.24) is 5.32 Å². The van der Waals surface area contributed by atoms with Crippen molar-refractivity contribution in [3.8, 4) is 11.3 Å². The number of benzene rings is 1. The van der Waals surface area contributed by atoms with Gasteiger partial charge in [0.15, 0.2) is 0 Å². The second kappa shape index (κ2) is 5.79. The van der Waals surface area contributed by atoms with Crippen LogP contribution < -0.4 is 5.32 Å². The summed E-state index contributed by atoms with van der Waals surface area (Å²) in [4.78, 5) is 0. The predicted octanol–water partition coefficient (Wildman–Crippen LogP) is 4.75. The summed E-state index contributed by atoms with van der Waals surface area (Å²) in [5.41, 5.74) is 0.931. The van der Waals surface area contributed by atoms with E-state index >= 15 is 0 Å². The van der Waals surface area contributed by atoms with Crippen LogP contribution in [0.1, 0.15) is 19.6 Å². The van der Waals surface area contributed by atoms with Crippen LogP contribution in [0.5, 0.6) is 0 Å². The fourth-order valence-electron chi connectivity index (χ4n) is 1.58. The molecule has 2 rings (SSSR count). The van der Waals surface area contributed by atoms with Crippen LogP contribution in [-0.4, -0.2) is 6.04 Å². The Kier molecular flexibility index (Phi) is 4.33. The average molecular weight is 284 g/mol. The topological polar surface area (TPSA) is 25.2 Å². The highest BCUT2D eigenvalue weighted by Gasteiger charge is 2.07. The molecule has 0 saturated heterocycles. The lowest BCUT2D eigenvalue weighted by molar-refractivity contribution is 0.473. The van der Waals surface area contributed by atoms with E-state index in [1.807, 2.05) is 24.3 Å². The number of hydrogen-bond acceptors (Lipinski definition) is 2. The van der Waals surface area contributed by atoms with Crippen molar-refractivity contribution in [2.45, 2.75) is 26.4 Å². The minimum Gasteiger partial charge on any atom is -0.460 e. The lowest BCUT2D eigenvalue weighted by atomic mass is 10.2. The first kappa shape index (κ1) is 13.5. The van der Waals surface area contributed by atoms with Gasteiger partial charge >= 0.3 is 0 Å². The molecule has 1 N–H and O–H groups in total. The van der Waals surface area contributed by atoms with Crippen LogP contribution >= 0.6 is 23.2 Å². The summed E-state index contributed by atoms with van der Waals surface area (Å²) in [5.74, 6) is 1.71. The molecule has 0 aliphatic heterocycles. The van der Waals surface area contributed by atoms with Crippen molar-refractivity contribution in [3.63, 3.8) is 0 Å². The molecule has 0 aliphatic rings. The fraction of sp³-hybridized carbons (Fsp3) is 0.286. The third-order valence-corrected chi connectivity index (χ3v) is 3.29. The lowest BCUT2D eigenvalue weighted by Gasteiger charge is -2.05. The van der Waals surface area contributed by atoms with Crippen LogP contribution in [0.25, 0.3) is 11.3 Å². The van der Waals surface area contributed by atoms with Crippen LogP contribution in [0.4, 0.5) is 0 Å². The third kappa shape index (κ3) is 3.29. The number of hydrogen-bond donors (Lipinski definition) is 1. The molecule has 0 unspecified atom stereocenters. The Hall–Kier alpha value is -0.960. The maximum atomic E-state index is 5.99. The summed E-state index contributed by atoms with van der Waals surface area (Å²) in [6.07, 6.45) is 0. The van der Waals surface area contributed by atoms with E-state index in [9.17, 15) is 0 Å². The number of halogens is 2. The molecule has 0 spiro atoms. The number of furan rings is 1. The monoisotopic (exact) mass is 283 g/mol. The zero-order valence-electron chi connectivity index (χ0n) is 10.3. The maximum absolute atomic E-state index is 5.99. The molecule has 0 radical (unpaired) electrons. The summed E-state index contributed by atoms with van der Waals surface area (Å²) in [5, 5.41) is 4.39. The first-order valence-electron chi connectivity index (χ1n) is 5.84. The molecule has 0 amide bonds. The molecule has 0 fully saturated rings. The van der Waals surface area contributed by atoms with E-state index in [0.29, 0.717) is 16.1 Å². The number of nitrogens with one attached hydrogen (secondary N) is 1. The van der Waals surface area contributed by atoms with Gasteiger partial charge in [-0.2, -0.15) is 0 Å². The Morgan fingerprint density at radius 3 is 2.56 bits per heavy atom. The molecular weight excluding hydrogens is 269 g/mol. The zero-order valence-corrected chi connectivity index (χ0v) is 11.8. The minimum absolute atomic E-state index is 0.434. The molecule has 1 heterocycles. The predicted molar refractivity (Wildman–Crippen MR) is 76.1 cm³/mol. The van der Waals surface area contributed by atoms with Crippen molar-refractivity contribution in [2.75, 3.05) is 0 Å². The van der Waals surface area contributed by atoms with Crippen molar-refractivity contribution in [3.05, 3.63) is 46.1 Å². The molecule has 2 nitrogen and oxygen atoms in total. The molecule has 0 bridgehead atoms. The Labute approximate surface area is 117 Å². The third-order valence-electron chi connectivity index (χ3n) is 2.55. The van der Waals surface area contributed by atoms with E-state index < -0.39 is 0 Å². The van der Waals surface area contributed by atoms with Crippen molar-refractivity contribution < 1.29 is 4.42 Å². The first-order chi connectivity index (χ1) is 8.56. The summed E-state index contributed by atoms with van der Waals surface area (Å²) in [7, 11) is 0. The van der Waals surface area contributed by atoms with E-state index in [4.69, 9.17) is 27.6 Å². The largest absolute Gasteiger partial charge is 0.460 e. The maximum Gasteiger partial charge on any atom is 0.134 e. The highest BCUT2D eigenvalue weighted by molar-refractivity contribution is 6.42. The Balaban J connectivity index is 2.16. The molecule has 0 atom stereocenters. The Morgan fingerprint density at radius 1 is 1.11 bits per heavy atom. The minimum atomic E-state index is 0.434. The molecule has 4 heteroatoms. The van der Waals surface area contributed by atoms with Crippen molar-refractivity contribution >= 4 is 23.2 Å². The molecule has 0 aliphatic carbocycles. The average Bonchev–Trinajstić information content (AvgIpc) is 2.79. The van der Waals surface area contributed by atoms with Gasteiger partial charge < -0.3 is 9.73 Å². The van der Waals surface area contributed by atoms with Crippen LogP contribution in [0.2, 0.25) is 10.0 Å². The fourth-order valence-corrected chi connectivity index (χ4v) is 1.88. The second-order valence-electron chi connectivity index (χ2n) is 4.43. The highest BCUT2D eigenvalue weighted by atomic mass is 35.5. The van der Waals surface area contributed by atoms with Gasteiger partial charge in [0.2, 0.25) is 0 Å².